The van der Waals surface area contributed by atoms with Gasteiger partial charge in [0.15, 0.2) is 0 Å². The first-order valence-electron chi connectivity index (χ1n) is 9.17. The number of aromatic nitrogens is 1. The van der Waals surface area contributed by atoms with Gasteiger partial charge in [-0.15, -0.1) is 0 Å². The topological polar surface area (TPSA) is 71.8 Å². The number of nitrogens with zero attached hydrogens (tertiary/aromatic N) is 2. The lowest BCUT2D eigenvalue weighted by Gasteiger charge is -2.23. The molecule has 1 N–H and O–H groups in total. The highest BCUT2D eigenvalue weighted by Gasteiger charge is 2.37. The molecule has 0 spiro atoms. The van der Waals surface area contributed by atoms with E-state index >= 15 is 0 Å². The second kappa shape index (κ2) is 7.96. The number of benzene rings is 1. The Hall–Kier alpha value is -2.60. The first-order chi connectivity index (χ1) is 12.9. The van der Waals surface area contributed by atoms with Crippen molar-refractivity contribution in [1.29, 1.82) is 0 Å². The molecule has 6 nitrogen and oxygen atoms in total. The summed E-state index contributed by atoms with van der Waals surface area (Å²) in [6.45, 7) is 5.06. The van der Waals surface area contributed by atoms with Crippen molar-refractivity contribution < 1.29 is 19.4 Å². The Morgan fingerprint density at radius 1 is 1.22 bits per heavy atom. The molecule has 0 bridgehead atoms. The van der Waals surface area contributed by atoms with Crippen molar-refractivity contribution in [1.82, 2.24) is 9.47 Å². The highest BCUT2D eigenvalue weighted by atomic mass is 16.5. The molecule has 27 heavy (non-hydrogen) atoms. The average Bonchev–Trinajstić information content (AvgIpc) is 3.17. The zero-order valence-electron chi connectivity index (χ0n) is 16.0. The van der Waals surface area contributed by atoms with Crippen LogP contribution in [-0.2, 0) is 16.1 Å². The number of carboxylic acids is 1. The van der Waals surface area contributed by atoms with Crippen LogP contribution in [0.2, 0.25) is 0 Å². The van der Waals surface area contributed by atoms with Crippen LogP contribution in [0.3, 0.4) is 0 Å². The number of ether oxygens (including phenoxy) is 1. The number of aliphatic carboxylic acids is 1. The number of hydrogen-bond donors (Lipinski definition) is 1. The molecular weight excluding hydrogens is 344 g/mol. The summed E-state index contributed by atoms with van der Waals surface area (Å²) < 4.78 is 7.51. The van der Waals surface area contributed by atoms with E-state index in [9.17, 15) is 14.7 Å². The van der Waals surface area contributed by atoms with Crippen LogP contribution in [0.1, 0.15) is 40.2 Å². The minimum absolute atomic E-state index is 0.0612. The summed E-state index contributed by atoms with van der Waals surface area (Å²) in [6.07, 6.45) is 0.372. The smallest absolute Gasteiger partial charge is 0.305 e. The number of carbonyl (C=O) groups excluding carboxylic acids is 1. The molecule has 1 fully saturated rings. The van der Waals surface area contributed by atoms with E-state index in [-0.39, 0.29) is 24.5 Å². The van der Waals surface area contributed by atoms with Gasteiger partial charge in [0.25, 0.3) is 5.91 Å². The second-order valence-electron chi connectivity index (χ2n) is 7.16. The second-order valence-corrected chi connectivity index (χ2v) is 7.16. The molecule has 1 aliphatic rings. The van der Waals surface area contributed by atoms with Gasteiger partial charge in [0, 0.05) is 37.6 Å². The zero-order chi connectivity index (χ0) is 19.6. The Kier molecular flexibility index (Phi) is 5.65. The summed E-state index contributed by atoms with van der Waals surface area (Å²) in [6, 6.07) is 11.7. The van der Waals surface area contributed by atoms with E-state index in [1.165, 1.54) is 5.56 Å². The van der Waals surface area contributed by atoms with Crippen molar-refractivity contribution in [2.24, 2.45) is 0 Å². The molecule has 1 amide bonds. The molecular formula is C21H26N2O4. The maximum atomic E-state index is 13.2. The monoisotopic (exact) mass is 370 g/mol. The maximum Gasteiger partial charge on any atom is 0.305 e. The fourth-order valence-electron chi connectivity index (χ4n) is 3.87. The number of amides is 1. The molecule has 1 aliphatic heterocycles. The average molecular weight is 370 g/mol. The van der Waals surface area contributed by atoms with Crippen molar-refractivity contribution in [2.45, 2.75) is 45.4 Å². The van der Waals surface area contributed by atoms with Gasteiger partial charge >= 0.3 is 5.97 Å². The molecule has 3 rings (SSSR count). The van der Waals surface area contributed by atoms with Crippen LogP contribution < -0.4 is 0 Å². The fraction of sp³-hybridized carbons (Fsp3) is 0.429. The molecule has 0 aliphatic carbocycles. The number of hydrogen-bond acceptors (Lipinski definition) is 3. The van der Waals surface area contributed by atoms with Crippen molar-refractivity contribution in [3.63, 3.8) is 0 Å². The van der Waals surface area contributed by atoms with E-state index in [4.69, 9.17) is 4.74 Å². The van der Waals surface area contributed by atoms with Crippen LogP contribution in [0.25, 0.3) is 0 Å². The van der Waals surface area contributed by atoms with Gasteiger partial charge in [-0.25, -0.2) is 0 Å². The molecule has 1 saturated heterocycles. The van der Waals surface area contributed by atoms with E-state index < -0.39 is 5.97 Å². The lowest BCUT2D eigenvalue weighted by molar-refractivity contribution is -0.137. The number of aryl methyl sites for hydroxylation is 1. The molecule has 6 heteroatoms. The van der Waals surface area contributed by atoms with E-state index in [0.29, 0.717) is 25.1 Å². The Morgan fingerprint density at radius 2 is 1.93 bits per heavy atom. The van der Waals surface area contributed by atoms with Crippen LogP contribution in [0.15, 0.2) is 36.4 Å². The first kappa shape index (κ1) is 19.2. The summed E-state index contributed by atoms with van der Waals surface area (Å²) in [5.41, 5.74) is 3.71. The standard InChI is InChI=1S/C21H26N2O4/c1-14-9-19(15(2)22(14)12-16-7-5-4-6-8-16)21(26)23-13-18(27-3)10-17(23)11-20(24)25/h4-9,17-18H,10-13H2,1-3H3,(H,24,25). The summed E-state index contributed by atoms with van der Waals surface area (Å²) in [5.74, 6) is -1.02. The quantitative estimate of drug-likeness (QED) is 0.849. The molecule has 0 saturated carbocycles. The van der Waals surface area contributed by atoms with Crippen LogP contribution in [0, 0.1) is 13.8 Å². The van der Waals surface area contributed by atoms with Crippen LogP contribution in [0.4, 0.5) is 0 Å². The molecule has 144 valence electrons. The predicted molar refractivity (Wildman–Crippen MR) is 102 cm³/mol. The van der Waals surface area contributed by atoms with Gasteiger partial charge in [0.2, 0.25) is 0 Å². The lowest BCUT2D eigenvalue weighted by atomic mass is 10.1. The van der Waals surface area contributed by atoms with Gasteiger partial charge in [-0.2, -0.15) is 0 Å². The normalized spacial score (nSPS) is 19.4. The fourth-order valence-corrected chi connectivity index (χ4v) is 3.87. The van der Waals surface area contributed by atoms with E-state index in [0.717, 1.165) is 11.4 Å². The van der Waals surface area contributed by atoms with Crippen LogP contribution in [0.5, 0.6) is 0 Å². The Balaban J connectivity index is 1.86. The number of carbonyl (C=O) groups is 2. The van der Waals surface area contributed by atoms with Crippen molar-refractivity contribution in [2.75, 3.05) is 13.7 Å². The van der Waals surface area contributed by atoms with Crippen molar-refractivity contribution in [3.05, 3.63) is 58.9 Å². The third-order valence-corrected chi connectivity index (χ3v) is 5.37. The van der Waals surface area contributed by atoms with Crippen LogP contribution >= 0.6 is 0 Å². The van der Waals surface area contributed by atoms with Gasteiger partial charge in [-0.3, -0.25) is 9.59 Å². The molecule has 1 aromatic carbocycles. The molecule has 1 aromatic heterocycles. The van der Waals surface area contributed by atoms with Gasteiger partial charge < -0.3 is 19.3 Å². The molecule has 2 unspecified atom stereocenters. The SMILES string of the molecule is COC1CC(CC(=O)O)N(C(=O)c2cc(C)n(Cc3ccccc3)c2C)C1. The third-order valence-electron chi connectivity index (χ3n) is 5.37. The van der Waals surface area contributed by atoms with E-state index in [1.54, 1.807) is 12.0 Å². The largest absolute Gasteiger partial charge is 0.481 e. The van der Waals surface area contributed by atoms with Gasteiger partial charge in [-0.05, 0) is 31.9 Å². The van der Waals surface area contributed by atoms with Crippen molar-refractivity contribution in [3.8, 4) is 0 Å². The molecule has 2 aromatic rings. The van der Waals surface area contributed by atoms with Crippen LogP contribution in [-0.4, -0.2) is 52.3 Å². The zero-order valence-corrected chi connectivity index (χ0v) is 16.0. The molecule has 0 radical (unpaired) electrons. The number of likely N-dealkylation sites (tertiary alicyclic amines) is 1. The van der Waals surface area contributed by atoms with E-state index in [2.05, 4.69) is 16.7 Å². The summed E-state index contributed by atoms with van der Waals surface area (Å²) in [5, 5.41) is 9.19. The van der Waals surface area contributed by atoms with E-state index in [1.807, 2.05) is 38.1 Å². The number of methoxy groups -OCH3 is 1. The minimum Gasteiger partial charge on any atom is -0.481 e. The third kappa shape index (κ3) is 4.06. The minimum atomic E-state index is -0.899. The number of rotatable bonds is 6. The Bertz CT molecular complexity index is 828. The lowest BCUT2D eigenvalue weighted by Crippen LogP contribution is -2.37. The predicted octanol–water partition coefficient (Wildman–Crippen LogP) is 2.86. The highest BCUT2D eigenvalue weighted by Crippen LogP contribution is 2.27. The van der Waals surface area contributed by atoms with Gasteiger partial charge in [0.1, 0.15) is 0 Å². The summed E-state index contributed by atoms with van der Waals surface area (Å²) in [7, 11) is 1.60. The van der Waals surface area contributed by atoms with Crippen molar-refractivity contribution >= 4 is 11.9 Å². The maximum absolute atomic E-state index is 13.2. The van der Waals surface area contributed by atoms with Gasteiger partial charge in [-0.1, -0.05) is 30.3 Å². The molecule has 2 heterocycles. The molecule has 2 atom stereocenters. The Labute approximate surface area is 159 Å². The summed E-state index contributed by atoms with van der Waals surface area (Å²) in [4.78, 5) is 26.1. The van der Waals surface area contributed by atoms with Gasteiger partial charge in [0.05, 0.1) is 18.1 Å². The highest BCUT2D eigenvalue weighted by molar-refractivity contribution is 5.96. The first-order valence-corrected chi connectivity index (χ1v) is 9.17. The number of carboxylic acid groups (broad SMARTS) is 1. The summed E-state index contributed by atoms with van der Waals surface area (Å²) >= 11 is 0. The Morgan fingerprint density at radius 3 is 2.56 bits per heavy atom.